The number of alkyl carbamates (subject to hydrolysis) is 1. The van der Waals surface area contributed by atoms with Crippen LogP contribution in [0, 0.1) is 5.92 Å². The summed E-state index contributed by atoms with van der Waals surface area (Å²) in [7, 11) is 0. The maximum atomic E-state index is 12.8. The molecule has 0 radical (unpaired) electrons. The van der Waals surface area contributed by atoms with E-state index in [1.54, 1.807) is 18.7 Å². The molecule has 7 nitrogen and oxygen atoms in total. The average Bonchev–Trinajstić information content (AvgIpc) is 3.11. The van der Waals surface area contributed by atoms with Crippen LogP contribution in [0.3, 0.4) is 0 Å². The lowest BCUT2D eigenvalue weighted by atomic mass is 9.90. The fourth-order valence-corrected chi connectivity index (χ4v) is 5.10. The number of piperidine rings is 1. The Morgan fingerprint density at radius 3 is 2.30 bits per heavy atom. The lowest BCUT2D eigenvalue weighted by molar-refractivity contribution is -0.149. The van der Waals surface area contributed by atoms with Crippen LogP contribution in [0.2, 0.25) is 0 Å². The van der Waals surface area contributed by atoms with Crippen LogP contribution < -0.4 is 5.32 Å². The lowest BCUT2D eigenvalue weighted by Gasteiger charge is -2.38. The Morgan fingerprint density at radius 2 is 1.70 bits per heavy atom. The largest absolute Gasteiger partial charge is 0.481 e. The van der Waals surface area contributed by atoms with Gasteiger partial charge in [-0.15, -0.1) is 0 Å². The normalized spacial score (nSPS) is 20.5. The third-order valence-electron chi connectivity index (χ3n) is 6.81. The van der Waals surface area contributed by atoms with Gasteiger partial charge in [0.05, 0.1) is 5.92 Å². The van der Waals surface area contributed by atoms with Gasteiger partial charge in [0, 0.05) is 31.0 Å². The third-order valence-corrected chi connectivity index (χ3v) is 6.81. The number of carbonyl (C=O) groups is 3. The van der Waals surface area contributed by atoms with Crippen molar-refractivity contribution < 1.29 is 24.2 Å². The highest BCUT2D eigenvalue weighted by molar-refractivity contribution is 5.80. The first-order chi connectivity index (χ1) is 15.9. The van der Waals surface area contributed by atoms with Gasteiger partial charge in [0.2, 0.25) is 5.91 Å². The minimum Gasteiger partial charge on any atom is -0.481 e. The zero-order valence-electron chi connectivity index (χ0n) is 19.0. The molecule has 2 N–H and O–H groups in total. The number of hydrogen-bond acceptors (Lipinski definition) is 4. The van der Waals surface area contributed by atoms with Gasteiger partial charge in [0.15, 0.2) is 0 Å². The number of benzene rings is 2. The van der Waals surface area contributed by atoms with Crippen LogP contribution in [-0.4, -0.2) is 53.2 Å². The Kier molecular flexibility index (Phi) is 6.67. The Hall–Kier alpha value is -3.35. The van der Waals surface area contributed by atoms with Crippen LogP contribution in [0.15, 0.2) is 48.5 Å². The van der Waals surface area contributed by atoms with E-state index in [9.17, 15) is 19.5 Å². The number of nitrogens with one attached hydrogen (secondary N) is 1. The van der Waals surface area contributed by atoms with Gasteiger partial charge < -0.3 is 20.1 Å². The number of fused-ring (bicyclic) bond motifs is 3. The number of ether oxygens (including phenoxy) is 1. The van der Waals surface area contributed by atoms with Gasteiger partial charge in [-0.25, -0.2) is 4.79 Å². The van der Waals surface area contributed by atoms with E-state index < -0.39 is 24.0 Å². The molecular formula is C26H30N2O5. The van der Waals surface area contributed by atoms with Crippen molar-refractivity contribution in [2.24, 2.45) is 5.92 Å². The molecule has 0 saturated carbocycles. The molecule has 174 valence electrons. The molecule has 3 atom stereocenters. The van der Waals surface area contributed by atoms with Gasteiger partial charge in [0.1, 0.15) is 6.61 Å². The predicted octanol–water partition coefficient (Wildman–Crippen LogP) is 4.02. The molecule has 0 aromatic heterocycles. The fourth-order valence-electron chi connectivity index (χ4n) is 5.10. The van der Waals surface area contributed by atoms with Gasteiger partial charge in [-0.2, -0.15) is 0 Å². The Labute approximate surface area is 193 Å². The predicted molar refractivity (Wildman–Crippen MR) is 124 cm³/mol. The number of rotatable bonds is 6. The molecule has 1 unspecified atom stereocenters. The van der Waals surface area contributed by atoms with E-state index in [4.69, 9.17) is 4.74 Å². The highest BCUT2D eigenvalue weighted by atomic mass is 16.5. The van der Waals surface area contributed by atoms with Crippen LogP contribution in [0.4, 0.5) is 4.79 Å². The number of aliphatic carboxylic acids is 1. The van der Waals surface area contributed by atoms with Crippen molar-refractivity contribution in [2.45, 2.75) is 51.1 Å². The minimum atomic E-state index is -0.871. The minimum absolute atomic E-state index is 0.0257. The Morgan fingerprint density at radius 1 is 1.09 bits per heavy atom. The van der Waals surface area contributed by atoms with Crippen LogP contribution in [0.5, 0.6) is 0 Å². The topological polar surface area (TPSA) is 95.9 Å². The van der Waals surface area contributed by atoms with Crippen LogP contribution in [0.25, 0.3) is 11.1 Å². The summed E-state index contributed by atoms with van der Waals surface area (Å²) in [6.07, 6.45) is 0.780. The molecule has 0 bridgehead atoms. The zero-order chi connectivity index (χ0) is 23.5. The number of carboxylic acids is 1. The monoisotopic (exact) mass is 450 g/mol. The molecule has 1 saturated heterocycles. The number of hydrogen-bond donors (Lipinski definition) is 2. The van der Waals surface area contributed by atoms with Crippen molar-refractivity contribution in [2.75, 3.05) is 13.2 Å². The Bertz CT molecular complexity index is 1010. The number of carbonyl (C=O) groups excluding carboxylic acids is 2. The molecular weight excluding hydrogens is 420 g/mol. The van der Waals surface area contributed by atoms with Gasteiger partial charge in [0.25, 0.3) is 0 Å². The molecule has 1 heterocycles. The maximum Gasteiger partial charge on any atom is 0.407 e. The maximum absolute atomic E-state index is 12.8. The quantitative estimate of drug-likeness (QED) is 0.693. The van der Waals surface area contributed by atoms with E-state index in [1.165, 1.54) is 0 Å². The first-order valence-electron chi connectivity index (χ1n) is 11.5. The van der Waals surface area contributed by atoms with Crippen molar-refractivity contribution in [1.82, 2.24) is 10.2 Å². The molecule has 33 heavy (non-hydrogen) atoms. The molecule has 2 aliphatic rings. The van der Waals surface area contributed by atoms with Crippen molar-refractivity contribution in [3.63, 3.8) is 0 Å². The number of amides is 2. The Balaban J connectivity index is 1.31. The molecule has 1 aliphatic carbocycles. The summed E-state index contributed by atoms with van der Waals surface area (Å²) in [5.74, 6) is -1.60. The SMILES string of the molecule is CC(CC(=O)N1CCC[C@H](C(=O)O)[C@@H]1C)NC(=O)OCC1c2ccccc2-c2ccccc21. The van der Waals surface area contributed by atoms with Crippen LogP contribution >= 0.6 is 0 Å². The molecule has 1 fully saturated rings. The van der Waals surface area contributed by atoms with Crippen LogP contribution in [0.1, 0.15) is 50.2 Å². The van der Waals surface area contributed by atoms with Crippen molar-refractivity contribution in [1.29, 1.82) is 0 Å². The van der Waals surface area contributed by atoms with Crippen molar-refractivity contribution in [3.8, 4) is 11.1 Å². The van der Waals surface area contributed by atoms with E-state index in [-0.39, 0.29) is 30.9 Å². The van der Waals surface area contributed by atoms with Gasteiger partial charge >= 0.3 is 12.1 Å². The van der Waals surface area contributed by atoms with Crippen LogP contribution in [-0.2, 0) is 14.3 Å². The first-order valence-corrected chi connectivity index (χ1v) is 11.5. The summed E-state index contributed by atoms with van der Waals surface area (Å²) in [4.78, 5) is 38.3. The molecule has 0 spiro atoms. The van der Waals surface area contributed by atoms with Gasteiger partial charge in [-0.3, -0.25) is 9.59 Å². The second kappa shape index (κ2) is 9.65. The molecule has 1 aliphatic heterocycles. The second-order valence-corrected chi connectivity index (χ2v) is 8.99. The van der Waals surface area contributed by atoms with Crippen molar-refractivity contribution >= 4 is 18.0 Å². The second-order valence-electron chi connectivity index (χ2n) is 8.99. The molecule has 7 heteroatoms. The molecule has 2 amide bonds. The molecule has 2 aromatic rings. The smallest absolute Gasteiger partial charge is 0.407 e. The number of nitrogens with zero attached hydrogens (tertiary/aromatic N) is 1. The van der Waals surface area contributed by atoms with Gasteiger partial charge in [-0.1, -0.05) is 48.5 Å². The van der Waals surface area contributed by atoms with E-state index in [2.05, 4.69) is 29.6 Å². The summed E-state index contributed by atoms with van der Waals surface area (Å²) >= 11 is 0. The fraction of sp³-hybridized carbons (Fsp3) is 0.423. The van der Waals surface area contributed by atoms with Crippen molar-refractivity contribution in [3.05, 3.63) is 59.7 Å². The van der Waals surface area contributed by atoms with E-state index in [1.807, 2.05) is 24.3 Å². The van der Waals surface area contributed by atoms with Gasteiger partial charge in [-0.05, 0) is 48.9 Å². The summed E-state index contributed by atoms with van der Waals surface area (Å²) in [5.41, 5.74) is 4.61. The average molecular weight is 451 g/mol. The first kappa shape index (κ1) is 22.8. The highest BCUT2D eigenvalue weighted by Crippen LogP contribution is 2.44. The zero-order valence-corrected chi connectivity index (χ0v) is 19.0. The number of likely N-dealkylation sites (tertiary alicyclic amines) is 1. The standard InChI is InChI=1S/C26H30N2O5/c1-16(14-24(29)28-13-7-12-18(17(28)2)25(30)31)27-26(32)33-15-23-21-10-5-3-8-19(21)20-9-4-6-11-22(20)23/h3-6,8-11,16-18,23H,7,12-15H2,1-2H3,(H,27,32)(H,30,31)/t16?,17-,18-/m0/s1. The molecule has 2 aromatic carbocycles. The summed E-state index contributed by atoms with van der Waals surface area (Å²) in [6, 6.07) is 15.5. The van der Waals surface area contributed by atoms with E-state index in [0.29, 0.717) is 19.4 Å². The summed E-state index contributed by atoms with van der Waals surface area (Å²) < 4.78 is 5.55. The number of carboxylic acid groups (broad SMARTS) is 1. The summed E-state index contributed by atoms with van der Waals surface area (Å²) in [5, 5.41) is 12.1. The third kappa shape index (κ3) is 4.72. The highest BCUT2D eigenvalue weighted by Gasteiger charge is 2.35. The molecule has 4 rings (SSSR count). The van der Waals surface area contributed by atoms with E-state index >= 15 is 0 Å². The van der Waals surface area contributed by atoms with E-state index in [0.717, 1.165) is 22.3 Å². The summed E-state index contributed by atoms with van der Waals surface area (Å²) in [6.45, 7) is 4.29. The lowest BCUT2D eigenvalue weighted by Crippen LogP contribution is -2.50.